The van der Waals surface area contributed by atoms with Gasteiger partial charge in [-0.25, -0.2) is 0 Å². The molecule has 4 heteroatoms. The Morgan fingerprint density at radius 2 is 1.42 bits per heavy atom. The zero-order chi connectivity index (χ0) is 18.1. The molecule has 26 heavy (non-hydrogen) atoms. The molecule has 148 valence electrons. The van der Waals surface area contributed by atoms with Gasteiger partial charge in [-0.1, -0.05) is 58.2 Å². The van der Waals surface area contributed by atoms with Crippen molar-refractivity contribution in [3.8, 4) is 0 Å². The number of nitrogens with zero attached hydrogens (tertiary/aromatic N) is 1. The van der Waals surface area contributed by atoms with E-state index >= 15 is 0 Å². The lowest BCUT2D eigenvalue weighted by molar-refractivity contribution is -0.116. The minimum absolute atomic E-state index is 0. The molecule has 1 unspecified atom stereocenters. The molecule has 1 fully saturated rings. The number of hydrogen-bond donors (Lipinski definition) is 0. The molecule has 0 saturated carbocycles. The zero-order valence-electron chi connectivity index (χ0n) is 16.9. The third-order valence-electron chi connectivity index (χ3n) is 5.78. The average molecular weight is 442 g/mol. The number of para-hydroxylation sites is 1. The smallest absolute Gasteiger partial charge is 0.267 e. The van der Waals surface area contributed by atoms with Gasteiger partial charge < -0.3 is 21.9 Å². The number of hydrogen-bond acceptors (Lipinski definition) is 1. The van der Waals surface area contributed by atoms with E-state index in [-0.39, 0.29) is 17.0 Å². The molecule has 2 nitrogen and oxygen atoms in total. The first-order valence-electron chi connectivity index (χ1n) is 10.4. The Hall–Kier alpha value is -0.400. The first-order valence-corrected chi connectivity index (χ1v) is 12.8. The number of unbranched alkanes of at least 4 members (excludes halogenated alkanes) is 3. The fourth-order valence-electron chi connectivity index (χ4n) is 4.26. The number of rotatable bonds is 11. The lowest BCUT2D eigenvalue weighted by Gasteiger charge is -2.32. The molecule has 1 heterocycles. The third-order valence-corrected chi connectivity index (χ3v) is 11.2. The van der Waals surface area contributed by atoms with E-state index in [2.05, 4.69) is 37.8 Å². The number of anilines is 1. The first-order chi connectivity index (χ1) is 12.2. The highest BCUT2D eigenvalue weighted by Gasteiger charge is 2.52. The lowest BCUT2D eigenvalue weighted by atomic mass is 10.3. The van der Waals surface area contributed by atoms with E-state index in [4.69, 9.17) is 0 Å². The fourth-order valence-corrected chi connectivity index (χ4v) is 9.97. The van der Waals surface area contributed by atoms with Gasteiger partial charge >= 0.3 is 0 Å². The molecule has 0 N–H and O–H groups in total. The molecule has 1 aromatic rings. The van der Waals surface area contributed by atoms with Gasteiger partial charge in [0.15, 0.2) is 0 Å². The van der Waals surface area contributed by atoms with Crippen LogP contribution in [0.15, 0.2) is 30.3 Å². The van der Waals surface area contributed by atoms with Crippen molar-refractivity contribution in [3.05, 3.63) is 30.3 Å². The van der Waals surface area contributed by atoms with E-state index in [0.717, 1.165) is 18.7 Å². The number of benzene rings is 1. The van der Waals surface area contributed by atoms with Crippen molar-refractivity contribution < 1.29 is 21.8 Å². The number of carbonyl (C=O) groups is 1. The van der Waals surface area contributed by atoms with Crippen molar-refractivity contribution in [3.63, 3.8) is 0 Å². The Morgan fingerprint density at radius 3 is 1.88 bits per heavy atom. The van der Waals surface area contributed by atoms with Crippen LogP contribution in [-0.2, 0) is 4.79 Å². The second kappa shape index (κ2) is 12.1. The van der Waals surface area contributed by atoms with Crippen LogP contribution < -0.4 is 21.9 Å². The van der Waals surface area contributed by atoms with Crippen molar-refractivity contribution in [2.45, 2.75) is 71.4 Å². The highest BCUT2D eigenvalue weighted by atomic mass is 79.9. The summed E-state index contributed by atoms with van der Waals surface area (Å²) in [4.78, 5) is 15.5. The van der Waals surface area contributed by atoms with Crippen molar-refractivity contribution in [1.82, 2.24) is 0 Å². The average Bonchev–Trinajstić information content (AvgIpc) is 3.04. The molecule has 1 aliphatic rings. The van der Waals surface area contributed by atoms with Crippen LogP contribution in [0.1, 0.15) is 65.7 Å². The van der Waals surface area contributed by atoms with Gasteiger partial charge in [-0.3, -0.25) is 4.79 Å². The van der Waals surface area contributed by atoms with E-state index in [9.17, 15) is 4.79 Å². The third kappa shape index (κ3) is 5.80. The normalized spacial score (nSPS) is 17.4. The van der Waals surface area contributed by atoms with Crippen molar-refractivity contribution in [2.24, 2.45) is 0 Å². The second-order valence-electron chi connectivity index (χ2n) is 7.58. The molecule has 1 atom stereocenters. The summed E-state index contributed by atoms with van der Waals surface area (Å²) in [6, 6.07) is 10.3. The maximum Gasteiger partial charge on any atom is 0.267 e. The van der Waals surface area contributed by atoms with Gasteiger partial charge in [-0.15, -0.1) is 0 Å². The maximum atomic E-state index is 13.4. The second-order valence-corrected chi connectivity index (χ2v) is 12.0. The van der Waals surface area contributed by atoms with Crippen LogP contribution in [0.3, 0.4) is 0 Å². The summed E-state index contributed by atoms with van der Waals surface area (Å²) in [7, 11) is -1.20. The van der Waals surface area contributed by atoms with Crippen LogP contribution in [0, 0.1) is 0 Å². The topological polar surface area (TPSA) is 20.3 Å². The van der Waals surface area contributed by atoms with Crippen LogP contribution in [-0.4, -0.2) is 36.6 Å². The van der Waals surface area contributed by atoms with Crippen LogP contribution in [0.5, 0.6) is 0 Å². The van der Waals surface area contributed by atoms with Crippen LogP contribution in [0.25, 0.3) is 0 Å². The van der Waals surface area contributed by atoms with Gasteiger partial charge in [0.25, 0.3) is 5.91 Å². The zero-order valence-corrected chi connectivity index (χ0v) is 19.4. The van der Waals surface area contributed by atoms with Gasteiger partial charge in [0.2, 0.25) is 0 Å². The fraction of sp³-hybridized carbons (Fsp3) is 0.682. The van der Waals surface area contributed by atoms with E-state index < -0.39 is 7.26 Å². The van der Waals surface area contributed by atoms with E-state index in [0.29, 0.717) is 11.6 Å². The van der Waals surface area contributed by atoms with E-state index in [1.54, 1.807) is 0 Å². The first kappa shape index (κ1) is 23.6. The Labute approximate surface area is 172 Å². The number of carbonyl (C=O) groups excluding carboxylic acids is 1. The van der Waals surface area contributed by atoms with Crippen LogP contribution in [0.4, 0.5) is 5.69 Å². The molecule has 0 aromatic heterocycles. The Kier molecular flexibility index (Phi) is 11.0. The molecule has 1 aromatic carbocycles. The molecule has 1 aliphatic heterocycles. The van der Waals surface area contributed by atoms with Gasteiger partial charge in [0, 0.05) is 25.9 Å². The summed E-state index contributed by atoms with van der Waals surface area (Å²) < 4.78 is 0. The molecule has 0 bridgehead atoms. The van der Waals surface area contributed by atoms with Crippen molar-refractivity contribution >= 4 is 18.9 Å². The summed E-state index contributed by atoms with van der Waals surface area (Å²) in [5.41, 5.74) is 1.42. The quantitative estimate of drug-likeness (QED) is 0.482. The monoisotopic (exact) mass is 441 g/mol. The molecule has 0 radical (unpaired) electrons. The molecule has 1 amide bonds. The van der Waals surface area contributed by atoms with Gasteiger partial charge in [-0.2, -0.15) is 0 Å². The molecule has 2 rings (SSSR count). The Balaban J connectivity index is 0.00000338. The van der Waals surface area contributed by atoms with Gasteiger partial charge in [0.1, 0.15) is 5.66 Å². The predicted molar refractivity (Wildman–Crippen MR) is 113 cm³/mol. The minimum Gasteiger partial charge on any atom is -1.00 e. The molecule has 1 saturated heterocycles. The largest absolute Gasteiger partial charge is 1.00 e. The van der Waals surface area contributed by atoms with Gasteiger partial charge in [-0.05, 0) is 31.4 Å². The van der Waals surface area contributed by atoms with Crippen molar-refractivity contribution in [1.29, 1.82) is 0 Å². The number of amides is 1. The summed E-state index contributed by atoms with van der Waals surface area (Å²) in [5.74, 6) is 0.433. The Morgan fingerprint density at radius 1 is 0.923 bits per heavy atom. The van der Waals surface area contributed by atoms with Gasteiger partial charge in [0.05, 0.1) is 18.5 Å². The molecular formula is C22H37BrNOP. The van der Waals surface area contributed by atoms with Crippen LogP contribution in [0.2, 0.25) is 0 Å². The van der Waals surface area contributed by atoms with Crippen LogP contribution >= 0.6 is 7.26 Å². The summed E-state index contributed by atoms with van der Waals surface area (Å²) in [6.45, 7) is 7.79. The Bertz CT molecular complexity index is 500. The summed E-state index contributed by atoms with van der Waals surface area (Å²) >= 11 is 0. The van der Waals surface area contributed by atoms with E-state index in [1.807, 2.05) is 18.2 Å². The standard InChI is InChI=1S/C22H37NOP.BrH/c1-4-7-17-25(18-8-5-2,19-9-6-3)21-15-16-23(22(21)24)20-13-11-10-12-14-20;/h10-14,21H,4-9,15-19H2,1-3H3;1H/q+1;/p-1. The SMILES string of the molecule is CCCC[P+](CCCC)(CCCC)C1CCN(c2ccccc2)C1=O.[Br-]. The lowest BCUT2D eigenvalue weighted by Crippen LogP contribution is -3.00. The highest BCUT2D eigenvalue weighted by Crippen LogP contribution is 2.67. The number of halogens is 1. The summed E-state index contributed by atoms with van der Waals surface area (Å²) in [5, 5.41) is 0. The minimum atomic E-state index is -1.20. The van der Waals surface area contributed by atoms with E-state index in [1.165, 1.54) is 57.0 Å². The van der Waals surface area contributed by atoms with Crippen molar-refractivity contribution in [2.75, 3.05) is 29.9 Å². The summed E-state index contributed by atoms with van der Waals surface area (Å²) in [6.07, 6.45) is 12.8. The predicted octanol–water partition coefficient (Wildman–Crippen LogP) is 3.21. The maximum absolute atomic E-state index is 13.4. The molecule has 0 spiro atoms. The molecular weight excluding hydrogens is 405 g/mol. The molecule has 0 aliphatic carbocycles. The highest BCUT2D eigenvalue weighted by molar-refractivity contribution is 7.77.